The highest BCUT2D eigenvalue weighted by Gasteiger charge is 2.36. The van der Waals surface area contributed by atoms with Crippen molar-refractivity contribution >= 4 is 28.1 Å². The predicted octanol–water partition coefficient (Wildman–Crippen LogP) is 5.84. The molecule has 0 aliphatic heterocycles. The van der Waals surface area contributed by atoms with Gasteiger partial charge in [0.1, 0.15) is 13.6 Å². The zero-order valence-corrected chi connectivity index (χ0v) is 25.6. The molecule has 3 nitrogen and oxygen atoms in total. The molecule has 6 rings (SSSR count). The van der Waals surface area contributed by atoms with Crippen LogP contribution in [-0.4, -0.2) is 34.0 Å². The number of benzene rings is 5. The maximum absolute atomic E-state index is 5.47. The Morgan fingerprint density at radius 3 is 1.69 bits per heavy atom. The maximum atomic E-state index is 5.47. The van der Waals surface area contributed by atoms with Gasteiger partial charge in [-0.1, -0.05) is 139 Å². The Hall–Kier alpha value is -4.87. The van der Waals surface area contributed by atoms with E-state index in [-0.39, 0.29) is 5.16 Å². The number of methoxy groups -OCH3 is 1. The van der Waals surface area contributed by atoms with E-state index in [0.717, 1.165) is 5.75 Å². The number of hydrogen-bond acceptors (Lipinski definition) is 2. The molecule has 0 saturated carbocycles. The Labute approximate surface area is 252 Å². The molecular formula is C37H35BN2OSi. The number of nitrogens with zero attached hydrogens (tertiary/aromatic N) is 2. The van der Waals surface area contributed by atoms with Gasteiger partial charge in [0.2, 0.25) is 0 Å². The third-order valence-electron chi connectivity index (χ3n) is 7.50. The van der Waals surface area contributed by atoms with Crippen LogP contribution in [0.4, 0.5) is 0 Å². The van der Waals surface area contributed by atoms with Crippen LogP contribution in [0, 0.1) is 0 Å². The van der Waals surface area contributed by atoms with Gasteiger partial charge >= 0.3 is 0 Å². The molecule has 6 aromatic rings. The SMILES string of the molecule is BC=C(c1ccccc1)c1ccccc1.COc1cccc([SiH2]C(c2ccccc2)(c2ccccc2)n2ccnc2)c1. The van der Waals surface area contributed by atoms with E-state index in [2.05, 4.69) is 157 Å². The minimum atomic E-state index is -0.858. The summed E-state index contributed by atoms with van der Waals surface area (Å²) in [6.07, 6.45) is 5.88. The van der Waals surface area contributed by atoms with Gasteiger partial charge in [-0.05, 0) is 40.0 Å². The first-order chi connectivity index (χ1) is 20.7. The van der Waals surface area contributed by atoms with Crippen molar-refractivity contribution in [3.05, 3.63) is 193 Å². The second-order valence-corrected chi connectivity index (χ2v) is 12.2. The summed E-state index contributed by atoms with van der Waals surface area (Å²) in [6, 6.07) is 50.9. The minimum absolute atomic E-state index is 0.259. The molecule has 42 heavy (non-hydrogen) atoms. The molecule has 1 aromatic heterocycles. The number of rotatable bonds is 8. The summed E-state index contributed by atoms with van der Waals surface area (Å²) < 4.78 is 7.74. The van der Waals surface area contributed by atoms with Crippen molar-refractivity contribution in [2.75, 3.05) is 7.11 Å². The first kappa shape index (κ1) is 28.7. The number of aromatic nitrogens is 2. The van der Waals surface area contributed by atoms with Crippen LogP contribution in [0.2, 0.25) is 0 Å². The van der Waals surface area contributed by atoms with Gasteiger partial charge in [0.15, 0.2) is 0 Å². The van der Waals surface area contributed by atoms with Gasteiger partial charge in [-0.15, -0.1) is 5.98 Å². The Balaban J connectivity index is 0.000000199. The Morgan fingerprint density at radius 2 is 1.24 bits per heavy atom. The highest BCUT2D eigenvalue weighted by molar-refractivity contribution is 6.57. The summed E-state index contributed by atoms with van der Waals surface area (Å²) in [4.78, 5) is 4.37. The van der Waals surface area contributed by atoms with Crippen LogP contribution in [0.1, 0.15) is 22.3 Å². The van der Waals surface area contributed by atoms with E-state index in [4.69, 9.17) is 4.74 Å². The largest absolute Gasteiger partial charge is 0.497 e. The lowest BCUT2D eigenvalue weighted by Gasteiger charge is -2.37. The molecular weight excluding hydrogens is 527 g/mol. The normalized spacial score (nSPS) is 11.0. The maximum Gasteiger partial charge on any atom is 0.130 e. The molecule has 0 N–H and O–H groups in total. The molecule has 0 bridgehead atoms. The molecule has 0 unspecified atom stereocenters. The molecule has 0 aliphatic carbocycles. The fourth-order valence-electron chi connectivity index (χ4n) is 5.49. The van der Waals surface area contributed by atoms with Crippen molar-refractivity contribution in [2.45, 2.75) is 5.16 Å². The van der Waals surface area contributed by atoms with Gasteiger partial charge in [0, 0.05) is 12.4 Å². The van der Waals surface area contributed by atoms with Crippen molar-refractivity contribution in [1.82, 2.24) is 9.55 Å². The zero-order valence-electron chi connectivity index (χ0n) is 24.2. The van der Waals surface area contributed by atoms with Gasteiger partial charge < -0.3 is 9.30 Å². The molecule has 0 amide bonds. The van der Waals surface area contributed by atoms with E-state index in [0.29, 0.717) is 0 Å². The Kier molecular flexibility index (Phi) is 9.66. The van der Waals surface area contributed by atoms with Crippen LogP contribution in [0.15, 0.2) is 170 Å². The van der Waals surface area contributed by atoms with E-state index in [9.17, 15) is 0 Å². The highest BCUT2D eigenvalue weighted by atomic mass is 28.2. The minimum Gasteiger partial charge on any atom is -0.497 e. The smallest absolute Gasteiger partial charge is 0.130 e. The van der Waals surface area contributed by atoms with Crippen molar-refractivity contribution < 1.29 is 4.74 Å². The first-order valence-corrected chi connectivity index (χ1v) is 15.7. The van der Waals surface area contributed by atoms with Crippen molar-refractivity contribution in [1.29, 1.82) is 0 Å². The van der Waals surface area contributed by atoms with Crippen LogP contribution in [0.5, 0.6) is 5.75 Å². The van der Waals surface area contributed by atoms with E-state index in [1.54, 1.807) is 7.11 Å². The summed E-state index contributed by atoms with van der Waals surface area (Å²) in [5, 5.41) is 1.08. The summed E-state index contributed by atoms with van der Waals surface area (Å²) >= 11 is 0. The summed E-state index contributed by atoms with van der Waals surface area (Å²) in [5.41, 5.74) is 6.39. The van der Waals surface area contributed by atoms with E-state index in [1.807, 2.05) is 30.7 Å². The average molecular weight is 563 g/mol. The summed E-state index contributed by atoms with van der Waals surface area (Å²) in [6.45, 7) is 0. The lowest BCUT2D eigenvalue weighted by Crippen LogP contribution is -2.46. The topological polar surface area (TPSA) is 27.1 Å². The van der Waals surface area contributed by atoms with Crippen molar-refractivity contribution in [2.24, 2.45) is 0 Å². The summed E-state index contributed by atoms with van der Waals surface area (Å²) in [7, 11) is 2.94. The molecule has 1 heterocycles. The first-order valence-electron chi connectivity index (χ1n) is 14.2. The number of imidazole rings is 1. The lowest BCUT2D eigenvalue weighted by molar-refractivity contribution is 0.415. The third kappa shape index (κ3) is 6.54. The number of ether oxygens (including phenoxy) is 1. The van der Waals surface area contributed by atoms with Gasteiger partial charge in [-0.2, -0.15) is 0 Å². The Morgan fingerprint density at radius 1 is 0.714 bits per heavy atom. The van der Waals surface area contributed by atoms with Gasteiger partial charge in [0.05, 0.1) is 28.1 Å². The second-order valence-electron chi connectivity index (χ2n) is 10.0. The fraction of sp³-hybridized carbons (Fsp3) is 0.0541. The van der Waals surface area contributed by atoms with Crippen LogP contribution in [-0.2, 0) is 5.16 Å². The summed E-state index contributed by atoms with van der Waals surface area (Å²) in [5.74, 6) is 3.06. The molecule has 5 aromatic carbocycles. The quantitative estimate of drug-likeness (QED) is 0.218. The Bertz CT molecular complexity index is 1590. The monoisotopic (exact) mass is 562 g/mol. The molecule has 0 spiro atoms. The number of hydrogen-bond donors (Lipinski definition) is 0. The van der Waals surface area contributed by atoms with Gasteiger partial charge in [0.25, 0.3) is 0 Å². The highest BCUT2D eigenvalue weighted by Crippen LogP contribution is 2.33. The fourth-order valence-corrected chi connectivity index (χ4v) is 7.88. The molecule has 0 radical (unpaired) electrons. The van der Waals surface area contributed by atoms with E-state index in [1.165, 1.54) is 33.0 Å². The van der Waals surface area contributed by atoms with Crippen molar-refractivity contribution in [3.63, 3.8) is 0 Å². The molecule has 5 heteroatoms. The van der Waals surface area contributed by atoms with Gasteiger partial charge in [-0.25, -0.2) is 4.98 Å². The standard InChI is InChI=1S/C23H22N2OSi.C14H13B/c1-26-21-13-8-14-22(17-21)27-23(25-16-15-24-18-25,19-9-4-2-5-10-19)20-11-6-3-7-12-20;15-11-14(12-7-3-1-4-8-12)13-9-5-2-6-10-13/h2-18H,27H2,1H3;1-11H,15H2. The zero-order chi connectivity index (χ0) is 29.0. The third-order valence-corrected chi connectivity index (χ3v) is 10.0. The average Bonchev–Trinajstić information content (AvgIpc) is 3.62. The molecule has 0 aliphatic rings. The van der Waals surface area contributed by atoms with Gasteiger partial charge in [-0.3, -0.25) is 0 Å². The molecule has 0 saturated heterocycles. The second kappa shape index (κ2) is 14.2. The van der Waals surface area contributed by atoms with Crippen LogP contribution in [0.25, 0.3) is 5.57 Å². The van der Waals surface area contributed by atoms with Crippen molar-refractivity contribution in [3.8, 4) is 5.75 Å². The molecule has 0 fully saturated rings. The lowest BCUT2D eigenvalue weighted by atomic mass is 9.92. The van der Waals surface area contributed by atoms with E-state index >= 15 is 0 Å². The predicted molar refractivity (Wildman–Crippen MR) is 181 cm³/mol. The van der Waals surface area contributed by atoms with Crippen LogP contribution in [0.3, 0.4) is 0 Å². The molecule has 206 valence electrons. The van der Waals surface area contributed by atoms with E-state index < -0.39 is 9.52 Å². The van der Waals surface area contributed by atoms with Crippen LogP contribution < -0.4 is 9.92 Å². The van der Waals surface area contributed by atoms with Crippen LogP contribution >= 0.6 is 0 Å². The molecule has 0 atom stereocenters.